The van der Waals surface area contributed by atoms with E-state index in [-0.39, 0.29) is 18.6 Å². The minimum absolute atomic E-state index is 0.0116. The van der Waals surface area contributed by atoms with E-state index in [1.807, 2.05) is 0 Å². The highest BCUT2D eigenvalue weighted by molar-refractivity contribution is 5.95. The first-order valence-electron chi connectivity index (χ1n) is 5.56. The molecule has 0 saturated heterocycles. The topological polar surface area (TPSA) is 71.7 Å². The van der Waals surface area contributed by atoms with E-state index in [2.05, 4.69) is 5.32 Å². The third-order valence-corrected chi connectivity index (χ3v) is 2.47. The molecule has 0 fully saturated rings. The Hall–Kier alpha value is -1.33. The molecular weight excluding hydrogens is 222 g/mol. The number of carbonyl (C=O) groups excluding carboxylic acids is 1. The molecule has 1 rings (SSSR count). The highest BCUT2D eigenvalue weighted by Gasteiger charge is 2.17. The van der Waals surface area contributed by atoms with Crippen molar-refractivity contribution in [3.05, 3.63) is 23.2 Å². The first kappa shape index (κ1) is 13.7. The summed E-state index contributed by atoms with van der Waals surface area (Å²) in [6, 6.07) is 1.51. The van der Waals surface area contributed by atoms with Crippen LogP contribution >= 0.6 is 0 Å². The molecule has 0 aliphatic carbocycles. The summed E-state index contributed by atoms with van der Waals surface area (Å²) >= 11 is 0. The van der Waals surface area contributed by atoms with Gasteiger partial charge in [-0.05, 0) is 26.3 Å². The molecule has 1 aromatic rings. The third kappa shape index (κ3) is 3.87. The Bertz CT molecular complexity index is 367. The SMILES string of the molecule is COCC(CCO)NC(=O)c1cc(C)oc1C. The van der Waals surface area contributed by atoms with Crippen molar-refractivity contribution in [2.75, 3.05) is 20.3 Å². The zero-order valence-electron chi connectivity index (χ0n) is 10.4. The van der Waals surface area contributed by atoms with Gasteiger partial charge in [-0.25, -0.2) is 0 Å². The van der Waals surface area contributed by atoms with Crippen LogP contribution in [0.15, 0.2) is 10.5 Å². The molecule has 2 N–H and O–H groups in total. The van der Waals surface area contributed by atoms with Gasteiger partial charge in [-0.1, -0.05) is 0 Å². The first-order chi connectivity index (χ1) is 8.08. The number of hydrogen-bond donors (Lipinski definition) is 2. The van der Waals surface area contributed by atoms with Gasteiger partial charge >= 0.3 is 0 Å². The lowest BCUT2D eigenvalue weighted by atomic mass is 10.2. The second-order valence-electron chi connectivity index (χ2n) is 3.96. The van der Waals surface area contributed by atoms with Crippen molar-refractivity contribution < 1.29 is 19.1 Å². The zero-order valence-corrected chi connectivity index (χ0v) is 10.4. The molecule has 0 saturated carbocycles. The van der Waals surface area contributed by atoms with E-state index in [9.17, 15) is 4.79 Å². The second-order valence-corrected chi connectivity index (χ2v) is 3.96. The van der Waals surface area contributed by atoms with Crippen LogP contribution in [-0.2, 0) is 4.74 Å². The van der Waals surface area contributed by atoms with Crippen LogP contribution in [-0.4, -0.2) is 37.4 Å². The molecule has 17 heavy (non-hydrogen) atoms. The summed E-state index contributed by atoms with van der Waals surface area (Å²) in [6.07, 6.45) is 0.468. The summed E-state index contributed by atoms with van der Waals surface area (Å²) in [4.78, 5) is 11.9. The summed E-state index contributed by atoms with van der Waals surface area (Å²) in [5.41, 5.74) is 0.529. The van der Waals surface area contributed by atoms with Crippen molar-refractivity contribution >= 4 is 5.91 Å². The maximum atomic E-state index is 11.9. The van der Waals surface area contributed by atoms with Gasteiger partial charge in [-0.2, -0.15) is 0 Å². The van der Waals surface area contributed by atoms with Gasteiger partial charge in [0.2, 0.25) is 0 Å². The number of methoxy groups -OCH3 is 1. The molecule has 1 amide bonds. The Labute approximate surface area is 101 Å². The maximum absolute atomic E-state index is 11.9. The van der Waals surface area contributed by atoms with Gasteiger partial charge in [0.15, 0.2) is 0 Å². The van der Waals surface area contributed by atoms with Crippen LogP contribution in [0, 0.1) is 13.8 Å². The number of furan rings is 1. The molecule has 1 unspecified atom stereocenters. The molecule has 0 bridgehead atoms. The van der Waals surface area contributed by atoms with E-state index >= 15 is 0 Å². The van der Waals surface area contributed by atoms with Crippen LogP contribution in [0.3, 0.4) is 0 Å². The quantitative estimate of drug-likeness (QED) is 0.780. The molecule has 0 aliphatic heterocycles. The predicted molar refractivity (Wildman–Crippen MR) is 63.0 cm³/mol. The van der Waals surface area contributed by atoms with Gasteiger partial charge in [0.05, 0.1) is 18.2 Å². The number of aliphatic hydroxyl groups is 1. The minimum atomic E-state index is -0.199. The van der Waals surface area contributed by atoms with E-state index in [0.29, 0.717) is 30.1 Å². The van der Waals surface area contributed by atoms with Crippen LogP contribution in [0.25, 0.3) is 0 Å². The fourth-order valence-corrected chi connectivity index (χ4v) is 1.67. The van der Waals surface area contributed by atoms with E-state index in [1.54, 1.807) is 27.0 Å². The van der Waals surface area contributed by atoms with Gasteiger partial charge in [-0.3, -0.25) is 4.79 Å². The number of aliphatic hydroxyl groups excluding tert-OH is 1. The van der Waals surface area contributed by atoms with Crippen LogP contribution in [0.5, 0.6) is 0 Å². The average molecular weight is 241 g/mol. The molecule has 1 atom stereocenters. The number of amides is 1. The largest absolute Gasteiger partial charge is 0.466 e. The smallest absolute Gasteiger partial charge is 0.255 e. The molecule has 5 heteroatoms. The van der Waals surface area contributed by atoms with Crippen molar-refractivity contribution in [3.63, 3.8) is 0 Å². The molecule has 5 nitrogen and oxygen atoms in total. The van der Waals surface area contributed by atoms with Crippen molar-refractivity contribution in [2.24, 2.45) is 0 Å². The van der Waals surface area contributed by atoms with Crippen molar-refractivity contribution in [3.8, 4) is 0 Å². The van der Waals surface area contributed by atoms with Gasteiger partial charge < -0.3 is 19.6 Å². The molecule has 0 aliphatic rings. The van der Waals surface area contributed by atoms with Crippen LogP contribution in [0.2, 0.25) is 0 Å². The lowest BCUT2D eigenvalue weighted by molar-refractivity contribution is 0.0877. The zero-order chi connectivity index (χ0) is 12.8. The highest BCUT2D eigenvalue weighted by atomic mass is 16.5. The summed E-state index contributed by atoms with van der Waals surface area (Å²) in [6.45, 7) is 3.93. The monoisotopic (exact) mass is 241 g/mol. The number of ether oxygens (including phenoxy) is 1. The standard InChI is InChI=1S/C12H19NO4/c1-8-6-11(9(2)17-8)12(15)13-10(4-5-14)7-16-3/h6,10,14H,4-5,7H2,1-3H3,(H,13,15). The van der Waals surface area contributed by atoms with Crippen molar-refractivity contribution in [1.82, 2.24) is 5.32 Å². The summed E-state index contributed by atoms with van der Waals surface area (Å²) in [5, 5.41) is 11.7. The highest BCUT2D eigenvalue weighted by Crippen LogP contribution is 2.13. The Morgan fingerprint density at radius 1 is 1.59 bits per heavy atom. The molecular formula is C12H19NO4. The Balaban J connectivity index is 2.66. The third-order valence-electron chi connectivity index (χ3n) is 2.47. The molecule has 0 radical (unpaired) electrons. The summed E-state index contributed by atoms with van der Waals surface area (Å²) < 4.78 is 10.3. The minimum Gasteiger partial charge on any atom is -0.466 e. The second kappa shape index (κ2) is 6.42. The average Bonchev–Trinajstić information content (AvgIpc) is 2.58. The van der Waals surface area contributed by atoms with Crippen molar-refractivity contribution in [1.29, 1.82) is 0 Å². The number of nitrogens with one attached hydrogen (secondary N) is 1. The van der Waals surface area contributed by atoms with E-state index < -0.39 is 0 Å². The Morgan fingerprint density at radius 2 is 2.29 bits per heavy atom. The number of rotatable bonds is 6. The van der Waals surface area contributed by atoms with Crippen LogP contribution in [0.1, 0.15) is 28.3 Å². The first-order valence-corrected chi connectivity index (χ1v) is 5.56. The fraction of sp³-hybridized carbons (Fsp3) is 0.583. The van der Waals surface area contributed by atoms with Gasteiger partial charge in [0, 0.05) is 13.7 Å². The Morgan fingerprint density at radius 3 is 2.76 bits per heavy atom. The van der Waals surface area contributed by atoms with Crippen LogP contribution < -0.4 is 5.32 Å². The molecule has 1 aromatic heterocycles. The summed E-state index contributed by atoms with van der Waals surface area (Å²) in [5.74, 6) is 1.10. The molecule has 0 aromatic carbocycles. The number of aryl methyl sites for hydroxylation is 2. The van der Waals surface area contributed by atoms with Gasteiger partial charge in [0.1, 0.15) is 11.5 Å². The van der Waals surface area contributed by atoms with Gasteiger partial charge in [0.25, 0.3) is 5.91 Å². The summed E-state index contributed by atoms with van der Waals surface area (Å²) in [7, 11) is 1.56. The van der Waals surface area contributed by atoms with E-state index in [1.165, 1.54) is 0 Å². The fourth-order valence-electron chi connectivity index (χ4n) is 1.67. The Kier molecular flexibility index (Phi) is 5.18. The van der Waals surface area contributed by atoms with Crippen molar-refractivity contribution in [2.45, 2.75) is 26.3 Å². The molecule has 0 spiro atoms. The van der Waals surface area contributed by atoms with Crippen LogP contribution in [0.4, 0.5) is 0 Å². The number of carbonyl (C=O) groups is 1. The normalized spacial score (nSPS) is 12.5. The predicted octanol–water partition coefficient (Wildman–Crippen LogP) is 1.02. The lowest BCUT2D eigenvalue weighted by Gasteiger charge is -2.16. The number of hydrogen-bond acceptors (Lipinski definition) is 4. The molecule has 96 valence electrons. The maximum Gasteiger partial charge on any atom is 0.255 e. The van der Waals surface area contributed by atoms with E-state index in [0.717, 1.165) is 0 Å². The lowest BCUT2D eigenvalue weighted by Crippen LogP contribution is -2.38. The molecule has 1 heterocycles. The van der Waals surface area contributed by atoms with E-state index in [4.69, 9.17) is 14.3 Å². The van der Waals surface area contributed by atoms with Gasteiger partial charge in [-0.15, -0.1) is 0 Å².